The highest BCUT2D eigenvalue weighted by molar-refractivity contribution is 8.00. The standard InChI is InChI=1S/C17H16N2O2S/c1-11-17(21)19-14-9-12(7-8-15(14)22-11)10-16(20)18-13-5-3-2-4-6-13/h2-9,11H,10H2,1H3,(H,18,20)(H,19,21). The number of para-hydroxylation sites is 1. The Morgan fingerprint density at radius 2 is 2.00 bits per heavy atom. The fraction of sp³-hybridized carbons (Fsp3) is 0.176. The highest BCUT2D eigenvalue weighted by atomic mass is 32.2. The number of anilines is 2. The van der Waals surface area contributed by atoms with Crippen molar-refractivity contribution in [1.29, 1.82) is 0 Å². The van der Waals surface area contributed by atoms with E-state index in [1.165, 1.54) is 11.8 Å². The van der Waals surface area contributed by atoms with E-state index in [9.17, 15) is 9.59 Å². The van der Waals surface area contributed by atoms with Gasteiger partial charge in [0.2, 0.25) is 11.8 Å². The topological polar surface area (TPSA) is 58.2 Å². The van der Waals surface area contributed by atoms with Gasteiger partial charge in [0.25, 0.3) is 0 Å². The first-order valence-electron chi connectivity index (χ1n) is 7.07. The number of fused-ring (bicyclic) bond motifs is 1. The summed E-state index contributed by atoms with van der Waals surface area (Å²) < 4.78 is 0. The van der Waals surface area contributed by atoms with Crippen molar-refractivity contribution in [2.75, 3.05) is 10.6 Å². The third-order valence-electron chi connectivity index (χ3n) is 3.40. The van der Waals surface area contributed by atoms with Gasteiger partial charge in [-0.3, -0.25) is 9.59 Å². The molecule has 2 aromatic carbocycles. The maximum Gasteiger partial charge on any atom is 0.237 e. The zero-order valence-electron chi connectivity index (χ0n) is 12.1. The van der Waals surface area contributed by atoms with Crippen LogP contribution in [0.1, 0.15) is 12.5 Å². The van der Waals surface area contributed by atoms with Gasteiger partial charge in [0, 0.05) is 10.6 Å². The van der Waals surface area contributed by atoms with Crippen molar-refractivity contribution in [2.24, 2.45) is 0 Å². The van der Waals surface area contributed by atoms with Crippen LogP contribution in [0.15, 0.2) is 53.4 Å². The molecule has 2 N–H and O–H groups in total. The van der Waals surface area contributed by atoms with Crippen molar-refractivity contribution in [1.82, 2.24) is 0 Å². The molecule has 0 spiro atoms. The van der Waals surface area contributed by atoms with Crippen LogP contribution in [0, 0.1) is 0 Å². The molecule has 2 amide bonds. The highest BCUT2D eigenvalue weighted by Gasteiger charge is 2.23. The Hall–Kier alpha value is -2.27. The molecule has 0 saturated heterocycles. The Morgan fingerprint density at radius 3 is 2.77 bits per heavy atom. The summed E-state index contributed by atoms with van der Waals surface area (Å²) in [5.41, 5.74) is 2.45. The molecule has 3 rings (SSSR count). The van der Waals surface area contributed by atoms with E-state index in [-0.39, 0.29) is 23.5 Å². The molecule has 1 aliphatic heterocycles. The summed E-state index contributed by atoms with van der Waals surface area (Å²) >= 11 is 1.54. The lowest BCUT2D eigenvalue weighted by molar-refractivity contribution is -0.116. The molecule has 0 aliphatic carbocycles. The molecular formula is C17H16N2O2S. The van der Waals surface area contributed by atoms with Crippen LogP contribution in [0.4, 0.5) is 11.4 Å². The van der Waals surface area contributed by atoms with Gasteiger partial charge in [0.05, 0.1) is 17.4 Å². The zero-order chi connectivity index (χ0) is 15.5. The Bertz CT molecular complexity index is 716. The highest BCUT2D eigenvalue weighted by Crippen LogP contribution is 2.35. The Kier molecular flexibility index (Phi) is 4.15. The first-order valence-corrected chi connectivity index (χ1v) is 7.95. The lowest BCUT2D eigenvalue weighted by Crippen LogP contribution is -2.26. The number of hydrogen-bond donors (Lipinski definition) is 2. The van der Waals surface area contributed by atoms with Gasteiger partial charge in [-0.05, 0) is 36.8 Å². The van der Waals surface area contributed by atoms with E-state index in [2.05, 4.69) is 10.6 Å². The fourth-order valence-electron chi connectivity index (χ4n) is 2.28. The number of carbonyl (C=O) groups excluding carboxylic acids is 2. The second-order valence-corrected chi connectivity index (χ2v) is 6.55. The molecule has 22 heavy (non-hydrogen) atoms. The first-order chi connectivity index (χ1) is 10.6. The molecule has 112 valence electrons. The van der Waals surface area contributed by atoms with E-state index in [4.69, 9.17) is 0 Å². The van der Waals surface area contributed by atoms with Crippen molar-refractivity contribution >= 4 is 35.0 Å². The number of nitrogens with one attached hydrogen (secondary N) is 2. The van der Waals surface area contributed by atoms with Crippen LogP contribution >= 0.6 is 11.8 Å². The molecule has 1 unspecified atom stereocenters. The minimum Gasteiger partial charge on any atom is -0.326 e. The lowest BCUT2D eigenvalue weighted by atomic mass is 10.1. The predicted molar refractivity (Wildman–Crippen MR) is 89.2 cm³/mol. The predicted octanol–water partition coefficient (Wildman–Crippen LogP) is 3.30. The molecule has 0 saturated carbocycles. The van der Waals surface area contributed by atoms with E-state index >= 15 is 0 Å². The monoisotopic (exact) mass is 312 g/mol. The van der Waals surface area contributed by atoms with Gasteiger partial charge >= 0.3 is 0 Å². The quantitative estimate of drug-likeness (QED) is 0.914. The van der Waals surface area contributed by atoms with E-state index in [1.54, 1.807) is 0 Å². The van der Waals surface area contributed by atoms with E-state index in [0.29, 0.717) is 0 Å². The van der Waals surface area contributed by atoms with Gasteiger partial charge in [-0.1, -0.05) is 24.3 Å². The number of carbonyl (C=O) groups is 2. The van der Waals surface area contributed by atoms with Crippen LogP contribution in [-0.2, 0) is 16.0 Å². The summed E-state index contributed by atoms with van der Waals surface area (Å²) in [6.45, 7) is 1.88. The summed E-state index contributed by atoms with van der Waals surface area (Å²) in [7, 11) is 0. The van der Waals surface area contributed by atoms with Crippen LogP contribution in [0.3, 0.4) is 0 Å². The molecule has 0 bridgehead atoms. The van der Waals surface area contributed by atoms with Crippen LogP contribution < -0.4 is 10.6 Å². The number of amides is 2. The average Bonchev–Trinajstić information content (AvgIpc) is 2.49. The average molecular weight is 312 g/mol. The number of hydrogen-bond acceptors (Lipinski definition) is 3. The summed E-state index contributed by atoms with van der Waals surface area (Å²) in [5.74, 6) is -0.0716. The summed E-state index contributed by atoms with van der Waals surface area (Å²) in [6.07, 6.45) is 0.276. The molecule has 5 heteroatoms. The molecule has 0 radical (unpaired) electrons. The first kappa shape index (κ1) is 14.7. The number of rotatable bonds is 3. The van der Waals surface area contributed by atoms with Crippen LogP contribution in [0.25, 0.3) is 0 Å². The zero-order valence-corrected chi connectivity index (χ0v) is 12.9. The summed E-state index contributed by atoms with van der Waals surface area (Å²) in [4.78, 5) is 24.8. The summed E-state index contributed by atoms with van der Waals surface area (Å²) in [6, 6.07) is 15.1. The maximum atomic E-state index is 12.1. The third-order valence-corrected chi connectivity index (χ3v) is 4.57. The van der Waals surface area contributed by atoms with Gasteiger partial charge in [0.15, 0.2) is 0 Å². The van der Waals surface area contributed by atoms with Crippen LogP contribution in [0.2, 0.25) is 0 Å². The second-order valence-electron chi connectivity index (χ2n) is 5.17. The molecular weight excluding hydrogens is 296 g/mol. The van der Waals surface area contributed by atoms with Gasteiger partial charge in [0.1, 0.15) is 0 Å². The van der Waals surface area contributed by atoms with Crippen molar-refractivity contribution in [3.8, 4) is 0 Å². The summed E-state index contributed by atoms with van der Waals surface area (Å²) in [5, 5.41) is 5.65. The number of benzene rings is 2. The van der Waals surface area contributed by atoms with E-state index < -0.39 is 0 Å². The van der Waals surface area contributed by atoms with E-state index in [1.807, 2.05) is 55.5 Å². The second kappa shape index (κ2) is 6.23. The molecule has 4 nitrogen and oxygen atoms in total. The van der Waals surface area contributed by atoms with Gasteiger partial charge in [-0.2, -0.15) is 0 Å². The van der Waals surface area contributed by atoms with Gasteiger partial charge in [-0.15, -0.1) is 11.8 Å². The lowest BCUT2D eigenvalue weighted by Gasteiger charge is -2.21. The van der Waals surface area contributed by atoms with Crippen molar-refractivity contribution in [3.05, 3.63) is 54.1 Å². The molecule has 2 aromatic rings. The van der Waals surface area contributed by atoms with Crippen LogP contribution in [0.5, 0.6) is 0 Å². The minimum atomic E-state index is -0.0836. The van der Waals surface area contributed by atoms with Gasteiger partial charge < -0.3 is 10.6 Å². The molecule has 0 fully saturated rings. The maximum absolute atomic E-state index is 12.1. The Morgan fingerprint density at radius 1 is 1.23 bits per heavy atom. The molecule has 0 aromatic heterocycles. The SMILES string of the molecule is CC1Sc2ccc(CC(=O)Nc3ccccc3)cc2NC1=O. The van der Waals surface area contributed by atoms with Crippen molar-refractivity contribution < 1.29 is 9.59 Å². The van der Waals surface area contributed by atoms with E-state index in [0.717, 1.165) is 21.8 Å². The normalized spacial score (nSPS) is 16.6. The molecule has 1 atom stereocenters. The third kappa shape index (κ3) is 3.31. The Labute approximate surface area is 133 Å². The minimum absolute atomic E-state index is 0.00314. The fourth-order valence-corrected chi connectivity index (χ4v) is 3.21. The largest absolute Gasteiger partial charge is 0.326 e. The Balaban J connectivity index is 1.70. The van der Waals surface area contributed by atoms with Gasteiger partial charge in [-0.25, -0.2) is 0 Å². The number of thioether (sulfide) groups is 1. The van der Waals surface area contributed by atoms with Crippen molar-refractivity contribution in [3.63, 3.8) is 0 Å². The van der Waals surface area contributed by atoms with Crippen molar-refractivity contribution in [2.45, 2.75) is 23.5 Å². The molecule has 1 heterocycles. The van der Waals surface area contributed by atoms with Crippen LogP contribution in [-0.4, -0.2) is 17.1 Å². The smallest absolute Gasteiger partial charge is 0.237 e. The molecule has 1 aliphatic rings.